The molecule has 0 saturated carbocycles. The van der Waals surface area contributed by atoms with Crippen molar-refractivity contribution >= 4 is 11.9 Å². The average Bonchev–Trinajstić information content (AvgIpc) is 2.83. The van der Waals surface area contributed by atoms with E-state index in [0.717, 1.165) is 19.3 Å². The number of carbonyl (C=O) groups excluding carboxylic acids is 1. The van der Waals surface area contributed by atoms with Gasteiger partial charge < -0.3 is 15.7 Å². The number of hydrogen-bond donors (Lipinski definition) is 2. The third kappa shape index (κ3) is 4.19. The van der Waals surface area contributed by atoms with Crippen LogP contribution in [0.2, 0.25) is 0 Å². The van der Waals surface area contributed by atoms with Gasteiger partial charge in [0.2, 0.25) is 5.91 Å². The van der Waals surface area contributed by atoms with E-state index in [1.807, 2.05) is 27.7 Å². The highest BCUT2D eigenvalue weighted by atomic mass is 16.4. The Morgan fingerprint density at radius 1 is 1.24 bits per heavy atom. The van der Waals surface area contributed by atoms with Crippen LogP contribution in [0.15, 0.2) is 0 Å². The highest BCUT2D eigenvalue weighted by molar-refractivity contribution is 5.82. The summed E-state index contributed by atoms with van der Waals surface area (Å²) >= 11 is 0. The van der Waals surface area contributed by atoms with Crippen molar-refractivity contribution in [3.63, 3.8) is 0 Å². The monoisotopic (exact) mass is 298 g/mol. The normalized spacial score (nSPS) is 25.1. The number of carbonyl (C=O) groups is 2. The Bertz CT molecular complexity index is 382. The Balaban J connectivity index is 2.59. The Labute approximate surface area is 127 Å². The molecule has 0 bridgehead atoms. The quantitative estimate of drug-likeness (QED) is 0.754. The molecule has 3 atom stereocenters. The van der Waals surface area contributed by atoms with Crippen molar-refractivity contribution in [3.8, 4) is 0 Å². The van der Waals surface area contributed by atoms with Crippen molar-refractivity contribution in [2.75, 3.05) is 13.1 Å². The fourth-order valence-corrected chi connectivity index (χ4v) is 3.10. The molecule has 1 rings (SSSR count). The van der Waals surface area contributed by atoms with Crippen LogP contribution >= 0.6 is 0 Å². The summed E-state index contributed by atoms with van der Waals surface area (Å²) in [6, 6.07) is 0.166. The van der Waals surface area contributed by atoms with Gasteiger partial charge in [-0.05, 0) is 32.1 Å². The Morgan fingerprint density at radius 2 is 1.86 bits per heavy atom. The maximum atomic E-state index is 12.5. The minimum absolute atomic E-state index is 0.0289. The predicted molar refractivity (Wildman–Crippen MR) is 82.8 cm³/mol. The van der Waals surface area contributed by atoms with E-state index in [1.165, 1.54) is 0 Å². The summed E-state index contributed by atoms with van der Waals surface area (Å²) in [6.07, 6.45) is 3.23. The molecular weight excluding hydrogens is 268 g/mol. The molecule has 0 aromatic rings. The summed E-state index contributed by atoms with van der Waals surface area (Å²) in [5, 5.41) is 9.52. The van der Waals surface area contributed by atoms with Crippen molar-refractivity contribution in [2.45, 2.75) is 59.4 Å². The molecule has 122 valence electrons. The van der Waals surface area contributed by atoms with E-state index in [4.69, 9.17) is 5.73 Å². The molecule has 1 saturated heterocycles. The predicted octanol–water partition coefficient (Wildman–Crippen LogP) is 2.10. The molecule has 1 aliphatic rings. The van der Waals surface area contributed by atoms with Crippen LogP contribution in [-0.4, -0.2) is 41.0 Å². The minimum atomic E-state index is -0.780. The van der Waals surface area contributed by atoms with Crippen LogP contribution in [0, 0.1) is 17.3 Å². The molecule has 5 nitrogen and oxygen atoms in total. The second-order valence-corrected chi connectivity index (χ2v) is 6.94. The maximum Gasteiger partial charge on any atom is 0.311 e. The van der Waals surface area contributed by atoms with Gasteiger partial charge in [-0.1, -0.05) is 27.2 Å². The molecule has 1 fully saturated rings. The molecule has 5 heteroatoms. The van der Waals surface area contributed by atoms with E-state index in [9.17, 15) is 14.7 Å². The maximum absolute atomic E-state index is 12.5. The zero-order chi connectivity index (χ0) is 16.2. The number of rotatable bonds is 7. The first-order valence-electron chi connectivity index (χ1n) is 7.98. The lowest BCUT2D eigenvalue weighted by molar-refractivity contribution is -0.151. The van der Waals surface area contributed by atoms with E-state index in [-0.39, 0.29) is 23.8 Å². The van der Waals surface area contributed by atoms with Gasteiger partial charge >= 0.3 is 5.97 Å². The van der Waals surface area contributed by atoms with Crippen LogP contribution in [0.25, 0.3) is 0 Å². The summed E-state index contributed by atoms with van der Waals surface area (Å²) < 4.78 is 0. The topological polar surface area (TPSA) is 83.6 Å². The summed E-state index contributed by atoms with van der Waals surface area (Å²) in [5.41, 5.74) is 4.94. The van der Waals surface area contributed by atoms with Crippen molar-refractivity contribution in [2.24, 2.45) is 23.0 Å². The number of nitrogens with two attached hydrogens (primary N) is 1. The van der Waals surface area contributed by atoms with Gasteiger partial charge in [-0.2, -0.15) is 0 Å². The summed E-state index contributed by atoms with van der Waals surface area (Å²) in [6.45, 7) is 8.65. The second-order valence-electron chi connectivity index (χ2n) is 6.94. The van der Waals surface area contributed by atoms with Crippen molar-refractivity contribution in [3.05, 3.63) is 0 Å². The van der Waals surface area contributed by atoms with Crippen LogP contribution in [0.5, 0.6) is 0 Å². The van der Waals surface area contributed by atoms with Gasteiger partial charge in [0.05, 0.1) is 5.41 Å². The SMILES string of the molecule is CC(N)CCCC(C)C(=O)N1CCC(C(=O)O)(C(C)C)C1. The van der Waals surface area contributed by atoms with Crippen LogP contribution < -0.4 is 5.73 Å². The first kappa shape index (κ1) is 18.0. The van der Waals surface area contributed by atoms with Crippen molar-refractivity contribution < 1.29 is 14.7 Å². The van der Waals surface area contributed by atoms with Gasteiger partial charge in [0.15, 0.2) is 0 Å². The molecule has 21 heavy (non-hydrogen) atoms. The third-order valence-corrected chi connectivity index (χ3v) is 4.86. The van der Waals surface area contributed by atoms with Gasteiger partial charge in [-0.25, -0.2) is 0 Å². The van der Waals surface area contributed by atoms with Gasteiger partial charge in [-0.15, -0.1) is 0 Å². The number of nitrogens with zero attached hydrogens (tertiary/aromatic N) is 1. The number of aliphatic carboxylic acids is 1. The molecule has 1 amide bonds. The lowest BCUT2D eigenvalue weighted by Crippen LogP contribution is -2.41. The van der Waals surface area contributed by atoms with Crippen LogP contribution in [-0.2, 0) is 9.59 Å². The number of likely N-dealkylation sites (tertiary alicyclic amines) is 1. The van der Waals surface area contributed by atoms with E-state index < -0.39 is 11.4 Å². The lowest BCUT2D eigenvalue weighted by Gasteiger charge is -2.29. The highest BCUT2D eigenvalue weighted by Crippen LogP contribution is 2.38. The second kappa shape index (κ2) is 7.25. The first-order chi connectivity index (χ1) is 9.70. The van der Waals surface area contributed by atoms with Crippen LogP contribution in [0.1, 0.15) is 53.4 Å². The van der Waals surface area contributed by atoms with E-state index in [1.54, 1.807) is 4.90 Å². The largest absolute Gasteiger partial charge is 0.481 e. The fourth-order valence-electron chi connectivity index (χ4n) is 3.10. The average molecular weight is 298 g/mol. The van der Waals surface area contributed by atoms with Gasteiger partial charge in [0.25, 0.3) is 0 Å². The third-order valence-electron chi connectivity index (χ3n) is 4.86. The van der Waals surface area contributed by atoms with Crippen molar-refractivity contribution in [1.82, 2.24) is 4.90 Å². The van der Waals surface area contributed by atoms with Crippen LogP contribution in [0.3, 0.4) is 0 Å². The molecule has 0 spiro atoms. The molecule has 0 aromatic carbocycles. The molecule has 1 aliphatic heterocycles. The van der Waals surface area contributed by atoms with E-state index in [0.29, 0.717) is 19.5 Å². The Kier molecular flexibility index (Phi) is 6.20. The summed E-state index contributed by atoms with van der Waals surface area (Å²) in [5.74, 6) is -0.720. The fraction of sp³-hybridized carbons (Fsp3) is 0.875. The first-order valence-corrected chi connectivity index (χ1v) is 7.98. The zero-order valence-electron chi connectivity index (χ0n) is 13.8. The number of carboxylic acids is 1. The Morgan fingerprint density at radius 3 is 2.29 bits per heavy atom. The summed E-state index contributed by atoms with van der Waals surface area (Å²) in [7, 11) is 0. The number of carboxylic acid groups (broad SMARTS) is 1. The van der Waals surface area contributed by atoms with Crippen LogP contribution in [0.4, 0.5) is 0 Å². The molecule has 3 N–H and O–H groups in total. The smallest absolute Gasteiger partial charge is 0.311 e. The number of hydrogen-bond acceptors (Lipinski definition) is 3. The minimum Gasteiger partial charge on any atom is -0.481 e. The molecule has 1 heterocycles. The lowest BCUT2D eigenvalue weighted by atomic mass is 9.76. The number of amides is 1. The molecule has 3 unspecified atom stereocenters. The Hall–Kier alpha value is -1.10. The van der Waals surface area contributed by atoms with Crippen molar-refractivity contribution in [1.29, 1.82) is 0 Å². The van der Waals surface area contributed by atoms with Gasteiger partial charge in [0, 0.05) is 25.0 Å². The molecular formula is C16H30N2O3. The highest BCUT2D eigenvalue weighted by Gasteiger charge is 2.48. The molecule has 0 radical (unpaired) electrons. The summed E-state index contributed by atoms with van der Waals surface area (Å²) in [4.78, 5) is 25.8. The molecule has 0 aliphatic carbocycles. The van der Waals surface area contributed by atoms with Gasteiger partial charge in [0.1, 0.15) is 0 Å². The van der Waals surface area contributed by atoms with E-state index >= 15 is 0 Å². The molecule has 0 aromatic heterocycles. The standard InChI is InChI=1S/C16H30N2O3/c1-11(2)16(15(20)21)8-9-18(10-16)14(19)12(3)6-5-7-13(4)17/h11-13H,5-10,17H2,1-4H3,(H,20,21). The van der Waals surface area contributed by atoms with E-state index in [2.05, 4.69) is 0 Å². The van der Waals surface area contributed by atoms with Gasteiger partial charge in [-0.3, -0.25) is 9.59 Å². The zero-order valence-corrected chi connectivity index (χ0v) is 13.8.